The van der Waals surface area contributed by atoms with E-state index in [4.69, 9.17) is 0 Å². The highest BCUT2D eigenvalue weighted by Gasteiger charge is 2.08. The molecule has 0 bridgehead atoms. The smallest absolute Gasteiger partial charge is 0.251 e. The number of H-pyrrole nitrogens is 1. The highest BCUT2D eigenvalue weighted by atomic mass is 19.1. The van der Waals surface area contributed by atoms with Crippen LogP contribution in [-0.4, -0.2) is 17.4 Å². The van der Waals surface area contributed by atoms with Crippen LogP contribution in [0, 0.1) is 11.6 Å². The Balaban J connectivity index is 1.64. The molecular weight excluding hydrogens is 286 g/mol. The Morgan fingerprint density at radius 1 is 1.09 bits per heavy atom. The van der Waals surface area contributed by atoms with Crippen LogP contribution in [0.15, 0.2) is 48.7 Å². The largest absolute Gasteiger partial charge is 0.361 e. The standard InChI is InChI=1S/C17H14F2N2O/c18-13-3-1-2-11(8-13)17(22)20-7-6-12-10-21-16-9-14(19)4-5-15(12)16/h1-5,8-10,21H,6-7H2,(H,20,22). The minimum atomic E-state index is -0.439. The van der Waals surface area contributed by atoms with Crippen LogP contribution in [-0.2, 0) is 6.42 Å². The zero-order valence-electron chi connectivity index (χ0n) is 11.7. The molecule has 2 N–H and O–H groups in total. The number of carbonyl (C=O) groups excluding carboxylic acids is 1. The summed E-state index contributed by atoms with van der Waals surface area (Å²) in [6.45, 7) is 0.416. The molecule has 0 fully saturated rings. The van der Waals surface area contributed by atoms with E-state index < -0.39 is 5.82 Å². The molecular formula is C17H14F2N2O. The quantitative estimate of drug-likeness (QED) is 0.762. The van der Waals surface area contributed by atoms with E-state index in [0.717, 1.165) is 16.5 Å². The van der Waals surface area contributed by atoms with Gasteiger partial charge in [-0.15, -0.1) is 0 Å². The van der Waals surface area contributed by atoms with Gasteiger partial charge in [0.2, 0.25) is 0 Å². The van der Waals surface area contributed by atoms with Crippen LogP contribution < -0.4 is 5.32 Å². The molecule has 0 spiro atoms. The van der Waals surface area contributed by atoms with E-state index in [-0.39, 0.29) is 11.7 Å². The molecule has 3 rings (SSSR count). The lowest BCUT2D eigenvalue weighted by molar-refractivity contribution is 0.0953. The van der Waals surface area contributed by atoms with E-state index in [1.54, 1.807) is 18.3 Å². The molecule has 2 aromatic carbocycles. The molecule has 0 atom stereocenters. The fraction of sp³-hybridized carbons (Fsp3) is 0.118. The summed E-state index contributed by atoms with van der Waals surface area (Å²) < 4.78 is 26.2. The van der Waals surface area contributed by atoms with Crippen molar-refractivity contribution in [1.82, 2.24) is 10.3 Å². The number of carbonyl (C=O) groups is 1. The van der Waals surface area contributed by atoms with Crippen molar-refractivity contribution in [3.8, 4) is 0 Å². The third-order valence-corrected chi connectivity index (χ3v) is 3.50. The molecule has 0 aliphatic heterocycles. The third kappa shape index (κ3) is 2.98. The van der Waals surface area contributed by atoms with Crippen LogP contribution in [0.1, 0.15) is 15.9 Å². The Morgan fingerprint density at radius 2 is 1.91 bits per heavy atom. The molecule has 0 aliphatic carbocycles. The summed E-state index contributed by atoms with van der Waals surface area (Å²) in [7, 11) is 0. The number of aromatic amines is 1. The summed E-state index contributed by atoms with van der Waals surface area (Å²) >= 11 is 0. The lowest BCUT2D eigenvalue weighted by atomic mass is 10.1. The van der Waals surface area contributed by atoms with Gasteiger partial charge in [-0.25, -0.2) is 8.78 Å². The van der Waals surface area contributed by atoms with Gasteiger partial charge in [-0.2, -0.15) is 0 Å². The van der Waals surface area contributed by atoms with Crippen LogP contribution in [0.3, 0.4) is 0 Å². The van der Waals surface area contributed by atoms with Gasteiger partial charge in [0.05, 0.1) is 0 Å². The monoisotopic (exact) mass is 300 g/mol. The molecule has 0 saturated heterocycles. The predicted octanol–water partition coefficient (Wildman–Crippen LogP) is 3.42. The molecule has 5 heteroatoms. The van der Waals surface area contributed by atoms with Gasteiger partial charge < -0.3 is 10.3 Å². The number of nitrogens with one attached hydrogen (secondary N) is 2. The van der Waals surface area contributed by atoms with Crippen molar-refractivity contribution >= 4 is 16.8 Å². The second-order valence-electron chi connectivity index (χ2n) is 5.02. The second-order valence-corrected chi connectivity index (χ2v) is 5.02. The first-order chi connectivity index (χ1) is 10.6. The van der Waals surface area contributed by atoms with E-state index >= 15 is 0 Å². The highest BCUT2D eigenvalue weighted by molar-refractivity contribution is 5.94. The molecule has 0 unspecified atom stereocenters. The van der Waals surface area contributed by atoms with Crippen LogP contribution in [0.2, 0.25) is 0 Å². The first-order valence-corrected chi connectivity index (χ1v) is 6.93. The molecule has 3 aromatic rings. The van der Waals surface area contributed by atoms with E-state index in [1.165, 1.54) is 30.3 Å². The van der Waals surface area contributed by atoms with Crippen LogP contribution >= 0.6 is 0 Å². The summed E-state index contributed by atoms with van der Waals surface area (Å²) in [4.78, 5) is 14.9. The van der Waals surface area contributed by atoms with Gasteiger partial charge in [0.15, 0.2) is 0 Å². The molecule has 0 saturated carbocycles. The van der Waals surface area contributed by atoms with Gasteiger partial charge in [0.1, 0.15) is 11.6 Å². The highest BCUT2D eigenvalue weighted by Crippen LogP contribution is 2.19. The van der Waals surface area contributed by atoms with Crippen LogP contribution in [0.25, 0.3) is 10.9 Å². The Hall–Kier alpha value is -2.69. The summed E-state index contributed by atoms with van der Waals surface area (Å²) in [6, 6.07) is 10.1. The minimum absolute atomic E-state index is 0.291. The summed E-state index contributed by atoms with van der Waals surface area (Å²) in [5.74, 6) is -1.04. The van der Waals surface area contributed by atoms with E-state index in [1.807, 2.05) is 0 Å². The van der Waals surface area contributed by atoms with Crippen molar-refractivity contribution in [3.05, 3.63) is 71.4 Å². The maximum atomic E-state index is 13.1. The first-order valence-electron chi connectivity index (χ1n) is 6.93. The average molecular weight is 300 g/mol. The number of aromatic nitrogens is 1. The van der Waals surface area contributed by atoms with Crippen molar-refractivity contribution in [2.45, 2.75) is 6.42 Å². The van der Waals surface area contributed by atoms with Crippen LogP contribution in [0.5, 0.6) is 0 Å². The molecule has 22 heavy (non-hydrogen) atoms. The fourth-order valence-electron chi connectivity index (χ4n) is 2.41. The third-order valence-electron chi connectivity index (χ3n) is 3.50. The lowest BCUT2D eigenvalue weighted by Crippen LogP contribution is -2.25. The van der Waals surface area contributed by atoms with Crippen molar-refractivity contribution in [2.75, 3.05) is 6.54 Å². The van der Waals surface area contributed by atoms with Crippen molar-refractivity contribution in [2.24, 2.45) is 0 Å². The van der Waals surface area contributed by atoms with E-state index in [2.05, 4.69) is 10.3 Å². The fourth-order valence-corrected chi connectivity index (χ4v) is 2.41. The van der Waals surface area contributed by atoms with Gasteiger partial charge in [0.25, 0.3) is 5.91 Å². The maximum absolute atomic E-state index is 13.1. The molecule has 0 radical (unpaired) electrons. The Bertz CT molecular complexity index is 826. The maximum Gasteiger partial charge on any atom is 0.251 e. The zero-order valence-corrected chi connectivity index (χ0v) is 11.7. The molecule has 1 amide bonds. The Kier molecular flexibility index (Phi) is 3.87. The van der Waals surface area contributed by atoms with Gasteiger partial charge in [-0.3, -0.25) is 4.79 Å². The van der Waals surface area contributed by atoms with Gasteiger partial charge in [-0.05, 0) is 48.4 Å². The molecule has 1 aromatic heterocycles. The van der Waals surface area contributed by atoms with Gasteiger partial charge in [0, 0.05) is 29.2 Å². The summed E-state index contributed by atoms with van der Waals surface area (Å²) in [5.41, 5.74) is 2.02. The lowest BCUT2D eigenvalue weighted by Gasteiger charge is -2.05. The molecule has 3 nitrogen and oxygen atoms in total. The number of rotatable bonds is 4. The zero-order chi connectivity index (χ0) is 15.5. The van der Waals surface area contributed by atoms with Crippen molar-refractivity contribution in [1.29, 1.82) is 0 Å². The van der Waals surface area contributed by atoms with Crippen LogP contribution in [0.4, 0.5) is 8.78 Å². The molecule has 112 valence electrons. The first kappa shape index (κ1) is 14.3. The Labute approximate surface area is 126 Å². The average Bonchev–Trinajstić information content (AvgIpc) is 2.89. The van der Waals surface area contributed by atoms with Gasteiger partial charge >= 0.3 is 0 Å². The number of benzene rings is 2. The van der Waals surface area contributed by atoms with Gasteiger partial charge in [-0.1, -0.05) is 6.07 Å². The number of fused-ring (bicyclic) bond motifs is 1. The summed E-state index contributed by atoms with van der Waals surface area (Å²) in [6.07, 6.45) is 2.41. The SMILES string of the molecule is O=C(NCCc1c[nH]c2cc(F)ccc12)c1cccc(F)c1. The topological polar surface area (TPSA) is 44.9 Å². The van der Waals surface area contributed by atoms with Crippen molar-refractivity contribution < 1.29 is 13.6 Å². The summed E-state index contributed by atoms with van der Waals surface area (Å²) in [5, 5.41) is 3.68. The minimum Gasteiger partial charge on any atom is -0.361 e. The van der Waals surface area contributed by atoms with E-state index in [0.29, 0.717) is 18.5 Å². The predicted molar refractivity (Wildman–Crippen MR) is 80.7 cm³/mol. The number of hydrogen-bond acceptors (Lipinski definition) is 1. The number of hydrogen-bond donors (Lipinski definition) is 2. The number of amides is 1. The normalized spacial score (nSPS) is 10.8. The molecule has 1 heterocycles. The van der Waals surface area contributed by atoms with Crippen molar-refractivity contribution in [3.63, 3.8) is 0 Å². The second kappa shape index (κ2) is 5.97. The Morgan fingerprint density at radius 3 is 2.73 bits per heavy atom. The number of halogens is 2. The van der Waals surface area contributed by atoms with E-state index in [9.17, 15) is 13.6 Å². The molecule has 0 aliphatic rings.